The topological polar surface area (TPSA) is 70.7 Å². The van der Waals surface area contributed by atoms with Crippen molar-refractivity contribution in [3.05, 3.63) is 16.4 Å². The van der Waals surface area contributed by atoms with Crippen LogP contribution in [0, 0.1) is 18.3 Å². The molecule has 0 radical (unpaired) electrons. The van der Waals surface area contributed by atoms with Crippen LogP contribution in [0.1, 0.15) is 55.4 Å². The van der Waals surface area contributed by atoms with Crippen LogP contribution in [-0.2, 0) is 11.3 Å². The molecule has 1 saturated carbocycles. The molecular weight excluding hydrogens is 324 g/mol. The van der Waals surface area contributed by atoms with Gasteiger partial charge in [-0.05, 0) is 31.6 Å². The molecule has 7 heteroatoms. The van der Waals surface area contributed by atoms with Crippen molar-refractivity contribution >= 4 is 22.3 Å². The van der Waals surface area contributed by atoms with Gasteiger partial charge >= 0.3 is 5.97 Å². The van der Waals surface area contributed by atoms with E-state index in [2.05, 4.69) is 23.8 Å². The lowest BCUT2D eigenvalue weighted by molar-refractivity contribution is -0.149. The molecule has 2 aliphatic rings. The molecule has 2 fully saturated rings. The third-order valence-corrected chi connectivity index (χ3v) is 6.54. The number of fused-ring (bicyclic) bond motifs is 2. The Morgan fingerprint density at radius 3 is 2.96 bits per heavy atom. The van der Waals surface area contributed by atoms with Crippen molar-refractivity contribution < 1.29 is 9.90 Å². The third-order valence-electron chi connectivity index (χ3n) is 5.72. The molecule has 0 bridgehead atoms. The van der Waals surface area contributed by atoms with Crippen LogP contribution >= 0.6 is 11.3 Å². The van der Waals surface area contributed by atoms with Crippen LogP contribution in [-0.4, -0.2) is 43.7 Å². The minimum atomic E-state index is -0.612. The first kappa shape index (κ1) is 16.0. The lowest BCUT2D eigenvalue weighted by Gasteiger charge is -2.23. The molecule has 1 saturated heterocycles. The maximum Gasteiger partial charge on any atom is 0.311 e. The summed E-state index contributed by atoms with van der Waals surface area (Å²) in [5.74, 6) is 0.0161. The smallest absolute Gasteiger partial charge is 0.311 e. The molecule has 2 aromatic heterocycles. The second-order valence-electron chi connectivity index (χ2n) is 7.63. The van der Waals surface area contributed by atoms with Crippen LogP contribution in [0.15, 0.2) is 0 Å². The van der Waals surface area contributed by atoms with Crippen LogP contribution in [0.3, 0.4) is 0 Å². The van der Waals surface area contributed by atoms with Gasteiger partial charge in [-0.3, -0.25) is 9.69 Å². The first-order valence-electron chi connectivity index (χ1n) is 8.71. The summed E-state index contributed by atoms with van der Waals surface area (Å²) in [6.45, 7) is 8.57. The zero-order chi connectivity index (χ0) is 17.1. The molecular formula is C17H24N4O2S. The summed E-state index contributed by atoms with van der Waals surface area (Å²) in [5, 5.41) is 15.4. The van der Waals surface area contributed by atoms with Gasteiger partial charge in [-0.2, -0.15) is 5.10 Å². The van der Waals surface area contributed by atoms with Gasteiger partial charge in [0.2, 0.25) is 4.96 Å². The van der Waals surface area contributed by atoms with Crippen molar-refractivity contribution in [2.75, 3.05) is 13.1 Å². The van der Waals surface area contributed by atoms with E-state index in [9.17, 15) is 9.90 Å². The molecule has 2 aromatic rings. The summed E-state index contributed by atoms with van der Waals surface area (Å²) in [6.07, 6.45) is 2.90. The number of carbonyl (C=O) groups is 1. The monoisotopic (exact) mass is 348 g/mol. The number of rotatable bonds is 4. The van der Waals surface area contributed by atoms with Crippen LogP contribution < -0.4 is 0 Å². The SMILES string of the molecule is Cc1nn2c(CN3C[C@@H]4CCC[C@@]4(C(=O)O)C3)c(C(C)C)nc2s1. The van der Waals surface area contributed by atoms with E-state index in [-0.39, 0.29) is 5.92 Å². The van der Waals surface area contributed by atoms with Crippen LogP contribution in [0.25, 0.3) is 4.96 Å². The Balaban J connectivity index is 1.65. The number of aromatic nitrogens is 3. The van der Waals surface area contributed by atoms with E-state index in [0.29, 0.717) is 12.5 Å². The standard InChI is InChI=1S/C17H24N4O2S/c1-10(2)14-13(21-16(18-14)24-11(3)19-21)8-20-7-12-5-4-6-17(12,9-20)15(22)23/h10,12H,4-9H2,1-3H3,(H,22,23)/t12-,17+/m0/s1. The number of hydrogen-bond donors (Lipinski definition) is 1. The number of aryl methyl sites for hydroxylation is 1. The summed E-state index contributed by atoms with van der Waals surface area (Å²) in [7, 11) is 0. The van der Waals surface area contributed by atoms with Gasteiger partial charge in [0.15, 0.2) is 0 Å². The van der Waals surface area contributed by atoms with Gasteiger partial charge < -0.3 is 5.11 Å². The van der Waals surface area contributed by atoms with Crippen LogP contribution in [0.2, 0.25) is 0 Å². The fourth-order valence-corrected chi connectivity index (χ4v) is 5.36. The molecule has 130 valence electrons. The number of aliphatic carboxylic acids is 1. The maximum absolute atomic E-state index is 11.9. The van der Waals surface area contributed by atoms with Crippen LogP contribution in [0.4, 0.5) is 0 Å². The van der Waals surface area contributed by atoms with Gasteiger partial charge in [-0.15, -0.1) is 0 Å². The molecule has 1 aliphatic heterocycles. The first-order chi connectivity index (χ1) is 11.4. The molecule has 0 unspecified atom stereocenters. The highest BCUT2D eigenvalue weighted by Crippen LogP contribution is 2.49. The van der Waals surface area contributed by atoms with Crippen LogP contribution in [0.5, 0.6) is 0 Å². The Hall–Kier alpha value is -1.47. The number of hydrogen-bond acceptors (Lipinski definition) is 5. The predicted octanol–water partition coefficient (Wildman–Crippen LogP) is 2.91. The summed E-state index contributed by atoms with van der Waals surface area (Å²) < 4.78 is 1.97. The molecule has 2 atom stereocenters. The van der Waals surface area contributed by atoms with Gasteiger partial charge in [-0.1, -0.05) is 31.6 Å². The van der Waals surface area contributed by atoms with Gasteiger partial charge in [0, 0.05) is 19.6 Å². The van der Waals surface area contributed by atoms with E-state index >= 15 is 0 Å². The van der Waals surface area contributed by atoms with E-state index in [0.717, 1.165) is 53.7 Å². The van der Waals surface area contributed by atoms with Gasteiger partial charge in [0.1, 0.15) is 5.01 Å². The number of likely N-dealkylation sites (tertiary alicyclic amines) is 1. The zero-order valence-electron chi connectivity index (χ0n) is 14.4. The van der Waals surface area contributed by atoms with Crippen molar-refractivity contribution in [3.63, 3.8) is 0 Å². The first-order valence-corrected chi connectivity index (χ1v) is 9.53. The van der Waals surface area contributed by atoms with E-state index in [4.69, 9.17) is 4.98 Å². The molecule has 4 rings (SSSR count). The molecule has 1 aliphatic carbocycles. The summed E-state index contributed by atoms with van der Waals surface area (Å²) >= 11 is 1.61. The van der Waals surface area contributed by atoms with E-state index < -0.39 is 11.4 Å². The average molecular weight is 348 g/mol. The lowest BCUT2D eigenvalue weighted by atomic mass is 9.81. The normalized spacial score (nSPS) is 27.4. The average Bonchev–Trinajstić information content (AvgIpc) is 3.18. The number of carboxylic acids is 1. The summed E-state index contributed by atoms with van der Waals surface area (Å²) in [4.78, 5) is 19.9. The third kappa shape index (κ3) is 2.29. The number of carboxylic acid groups (broad SMARTS) is 1. The van der Waals surface area contributed by atoms with Crippen molar-refractivity contribution in [2.24, 2.45) is 11.3 Å². The van der Waals surface area contributed by atoms with Crippen molar-refractivity contribution in [2.45, 2.75) is 52.5 Å². The molecule has 24 heavy (non-hydrogen) atoms. The highest BCUT2D eigenvalue weighted by atomic mass is 32.1. The number of nitrogens with zero attached hydrogens (tertiary/aromatic N) is 4. The Kier molecular flexibility index (Phi) is 3.69. The van der Waals surface area contributed by atoms with Gasteiger partial charge in [0.25, 0.3) is 0 Å². The van der Waals surface area contributed by atoms with Crippen molar-refractivity contribution in [1.82, 2.24) is 19.5 Å². The van der Waals surface area contributed by atoms with Crippen molar-refractivity contribution in [1.29, 1.82) is 0 Å². The lowest BCUT2D eigenvalue weighted by Crippen LogP contribution is -2.35. The molecule has 3 heterocycles. The fraction of sp³-hybridized carbons (Fsp3) is 0.706. The Labute approximate surface area is 145 Å². The van der Waals surface area contributed by atoms with Gasteiger partial charge in [0.05, 0.1) is 16.8 Å². The molecule has 0 spiro atoms. The van der Waals surface area contributed by atoms with E-state index in [1.54, 1.807) is 11.3 Å². The largest absolute Gasteiger partial charge is 0.481 e. The van der Waals surface area contributed by atoms with E-state index in [1.807, 2.05) is 11.4 Å². The molecule has 6 nitrogen and oxygen atoms in total. The minimum Gasteiger partial charge on any atom is -0.481 e. The molecule has 0 aromatic carbocycles. The molecule has 1 N–H and O–H groups in total. The Morgan fingerprint density at radius 2 is 2.29 bits per heavy atom. The highest BCUT2D eigenvalue weighted by Gasteiger charge is 2.54. The quantitative estimate of drug-likeness (QED) is 0.920. The Morgan fingerprint density at radius 1 is 1.50 bits per heavy atom. The van der Waals surface area contributed by atoms with E-state index in [1.165, 1.54) is 0 Å². The summed E-state index contributed by atoms with van der Waals surface area (Å²) in [6, 6.07) is 0. The number of imidazole rings is 1. The minimum absolute atomic E-state index is 0.290. The second-order valence-corrected chi connectivity index (χ2v) is 8.79. The van der Waals surface area contributed by atoms with Gasteiger partial charge in [-0.25, -0.2) is 9.50 Å². The molecule has 0 amide bonds. The Bertz CT molecular complexity index is 796. The second kappa shape index (κ2) is 5.52. The predicted molar refractivity (Wildman–Crippen MR) is 92.4 cm³/mol. The summed E-state index contributed by atoms with van der Waals surface area (Å²) in [5.41, 5.74) is 1.69. The zero-order valence-corrected chi connectivity index (χ0v) is 15.3. The maximum atomic E-state index is 11.9. The fourth-order valence-electron chi connectivity index (χ4n) is 4.59. The highest BCUT2D eigenvalue weighted by molar-refractivity contribution is 7.16. The van der Waals surface area contributed by atoms with Crippen molar-refractivity contribution in [3.8, 4) is 0 Å².